The van der Waals surface area contributed by atoms with E-state index in [4.69, 9.17) is 4.74 Å². The third kappa shape index (κ3) is 7.79. The molecule has 2 amide bonds. The van der Waals surface area contributed by atoms with E-state index in [0.29, 0.717) is 35.6 Å². The van der Waals surface area contributed by atoms with Gasteiger partial charge < -0.3 is 14.8 Å². The number of nitrogens with zero attached hydrogens (tertiary/aromatic N) is 3. The van der Waals surface area contributed by atoms with Gasteiger partial charge in [0, 0.05) is 12.1 Å². The molecule has 43 heavy (non-hydrogen) atoms. The summed E-state index contributed by atoms with van der Waals surface area (Å²) in [7, 11) is 0. The standard InChI is InChI=1S/C31H30F3N5O4/c1-5-19(3)26(20(4)6-2)27-25(40)17-42-29(27)37-30(41)35-16-15-21-7-9-22(10-8-21)28-36-18-39(38-28)23-11-13-24(14-12-23)43-31(32,33)34/h5-14,18H,1,15-17H2,2-4H3,(H2,35,37,41)/b20-6-,26-19+. The van der Waals surface area contributed by atoms with Crippen molar-refractivity contribution in [1.82, 2.24) is 25.4 Å². The lowest BCUT2D eigenvalue weighted by atomic mass is 9.92. The fourth-order valence-corrected chi connectivity index (χ4v) is 4.32. The van der Waals surface area contributed by atoms with Crippen LogP contribution in [-0.4, -0.2) is 46.1 Å². The summed E-state index contributed by atoms with van der Waals surface area (Å²) in [5.41, 5.74) is 4.87. The highest BCUT2D eigenvalue weighted by atomic mass is 19.4. The third-order valence-electron chi connectivity index (χ3n) is 6.60. The quantitative estimate of drug-likeness (QED) is 0.281. The maximum Gasteiger partial charge on any atom is 0.573 e. The first-order valence-electron chi connectivity index (χ1n) is 13.3. The van der Waals surface area contributed by atoms with Gasteiger partial charge in [0.1, 0.15) is 12.1 Å². The molecule has 2 aromatic carbocycles. The first-order valence-corrected chi connectivity index (χ1v) is 13.3. The number of hydrogen-bond donors (Lipinski definition) is 2. The summed E-state index contributed by atoms with van der Waals surface area (Å²) in [6, 6.07) is 12.2. The highest BCUT2D eigenvalue weighted by Crippen LogP contribution is 2.30. The number of carbonyl (C=O) groups excluding carboxylic acids is 2. The average Bonchev–Trinajstić information content (AvgIpc) is 3.60. The maximum absolute atomic E-state index is 12.6. The molecule has 4 rings (SSSR count). The van der Waals surface area contributed by atoms with Crippen LogP contribution in [-0.2, 0) is 16.0 Å². The third-order valence-corrected chi connectivity index (χ3v) is 6.60. The number of nitrogens with one attached hydrogen (secondary N) is 2. The Morgan fingerprint density at radius 3 is 2.47 bits per heavy atom. The molecule has 2 N–H and O–H groups in total. The van der Waals surface area contributed by atoms with E-state index in [-0.39, 0.29) is 24.0 Å². The van der Waals surface area contributed by atoms with E-state index in [1.807, 2.05) is 51.1 Å². The lowest BCUT2D eigenvalue weighted by molar-refractivity contribution is -0.274. The van der Waals surface area contributed by atoms with E-state index in [1.54, 1.807) is 6.08 Å². The maximum atomic E-state index is 12.6. The van der Waals surface area contributed by atoms with Gasteiger partial charge >= 0.3 is 12.4 Å². The molecule has 1 aliphatic rings. The number of hydrogen-bond acceptors (Lipinski definition) is 6. The zero-order chi connectivity index (χ0) is 31.1. The molecular formula is C31H30F3N5O4. The van der Waals surface area contributed by atoms with Gasteiger partial charge in [0.2, 0.25) is 11.7 Å². The van der Waals surface area contributed by atoms with Gasteiger partial charge in [0.25, 0.3) is 0 Å². The van der Waals surface area contributed by atoms with Gasteiger partial charge in [-0.25, -0.2) is 14.5 Å². The van der Waals surface area contributed by atoms with E-state index in [0.717, 1.165) is 22.3 Å². The predicted molar refractivity (Wildman–Crippen MR) is 154 cm³/mol. The second kappa shape index (κ2) is 13.2. The van der Waals surface area contributed by atoms with Crippen LogP contribution in [0, 0.1) is 0 Å². The minimum absolute atomic E-state index is 0.113. The number of amides is 2. The highest BCUT2D eigenvalue weighted by molar-refractivity contribution is 6.04. The lowest BCUT2D eigenvalue weighted by Gasteiger charge is -2.13. The second-order valence-electron chi connectivity index (χ2n) is 9.53. The summed E-state index contributed by atoms with van der Waals surface area (Å²) < 4.78 is 48.0. The molecule has 0 bridgehead atoms. The number of urea groups is 1. The van der Waals surface area contributed by atoms with Crippen LogP contribution in [0.15, 0.2) is 102 Å². The van der Waals surface area contributed by atoms with Crippen molar-refractivity contribution in [2.24, 2.45) is 0 Å². The van der Waals surface area contributed by atoms with Gasteiger partial charge in [-0.3, -0.25) is 10.1 Å². The van der Waals surface area contributed by atoms with E-state index in [1.165, 1.54) is 35.3 Å². The van der Waals surface area contributed by atoms with Gasteiger partial charge in [-0.2, -0.15) is 0 Å². The van der Waals surface area contributed by atoms with E-state index >= 15 is 0 Å². The van der Waals surface area contributed by atoms with Crippen molar-refractivity contribution in [3.8, 4) is 22.8 Å². The molecule has 0 fully saturated rings. The molecule has 0 aliphatic carbocycles. The van der Waals surface area contributed by atoms with Crippen LogP contribution in [0.3, 0.4) is 0 Å². The van der Waals surface area contributed by atoms with Crippen molar-refractivity contribution in [2.45, 2.75) is 33.6 Å². The molecule has 0 spiro atoms. The molecule has 0 saturated carbocycles. The Morgan fingerprint density at radius 2 is 1.84 bits per heavy atom. The normalized spacial score (nSPS) is 14.3. The number of halogens is 3. The SMILES string of the molecule is C=C/C(C)=C(C1=C(NC(=O)NCCc2ccc(-c3ncn(-c4ccc(OC(F)(F)F)cc4)n3)cc2)OCC1=O)\C(C)=C/C. The molecule has 224 valence electrons. The largest absolute Gasteiger partial charge is 0.573 e. The lowest BCUT2D eigenvalue weighted by Crippen LogP contribution is -2.36. The second-order valence-corrected chi connectivity index (χ2v) is 9.53. The Kier molecular flexibility index (Phi) is 9.49. The fraction of sp³-hybridized carbons (Fsp3) is 0.226. The smallest absolute Gasteiger partial charge is 0.470 e. The highest BCUT2D eigenvalue weighted by Gasteiger charge is 2.31. The number of rotatable bonds is 10. The van der Waals surface area contributed by atoms with Crippen molar-refractivity contribution in [2.75, 3.05) is 13.2 Å². The van der Waals surface area contributed by atoms with Crippen molar-refractivity contribution in [3.63, 3.8) is 0 Å². The Labute approximate surface area is 246 Å². The fourth-order valence-electron chi connectivity index (χ4n) is 4.32. The van der Waals surface area contributed by atoms with Crippen LogP contribution < -0.4 is 15.4 Å². The monoisotopic (exact) mass is 593 g/mol. The van der Waals surface area contributed by atoms with Crippen LogP contribution >= 0.6 is 0 Å². The Balaban J connectivity index is 1.34. The summed E-state index contributed by atoms with van der Waals surface area (Å²) >= 11 is 0. The number of carbonyl (C=O) groups is 2. The average molecular weight is 594 g/mol. The van der Waals surface area contributed by atoms with Crippen LogP contribution in [0.25, 0.3) is 17.1 Å². The Bertz CT molecular complexity index is 1600. The molecule has 1 aromatic heterocycles. The molecule has 9 nitrogen and oxygen atoms in total. The number of alkyl halides is 3. The Morgan fingerprint density at radius 1 is 1.14 bits per heavy atom. The first kappa shape index (κ1) is 30.8. The molecule has 1 aliphatic heterocycles. The Hall–Kier alpha value is -5.13. The number of benzene rings is 2. The summed E-state index contributed by atoms with van der Waals surface area (Å²) in [5.74, 6) is -0.00205. The first-order chi connectivity index (χ1) is 20.5. The number of allylic oxidation sites excluding steroid dienone is 5. The number of aromatic nitrogens is 3. The molecule has 0 unspecified atom stereocenters. The van der Waals surface area contributed by atoms with E-state index in [2.05, 4.69) is 32.0 Å². The molecule has 2 heterocycles. The minimum Gasteiger partial charge on any atom is -0.470 e. The zero-order valence-electron chi connectivity index (χ0n) is 23.8. The van der Waals surface area contributed by atoms with Crippen LogP contribution in [0.1, 0.15) is 26.3 Å². The topological polar surface area (TPSA) is 107 Å². The summed E-state index contributed by atoms with van der Waals surface area (Å²) in [4.78, 5) is 29.5. The van der Waals surface area contributed by atoms with Gasteiger partial charge in [-0.1, -0.05) is 43.0 Å². The molecular weight excluding hydrogens is 563 g/mol. The molecule has 3 aromatic rings. The summed E-state index contributed by atoms with van der Waals surface area (Å²) in [5, 5.41) is 9.84. The van der Waals surface area contributed by atoms with Crippen LogP contribution in [0.2, 0.25) is 0 Å². The van der Waals surface area contributed by atoms with Crippen molar-refractivity contribution < 1.29 is 32.2 Å². The van der Waals surface area contributed by atoms with Gasteiger partial charge in [-0.05, 0) is 73.7 Å². The zero-order valence-corrected chi connectivity index (χ0v) is 23.8. The molecule has 0 atom stereocenters. The van der Waals surface area contributed by atoms with E-state index in [9.17, 15) is 22.8 Å². The minimum atomic E-state index is -4.76. The summed E-state index contributed by atoms with van der Waals surface area (Å²) in [6.07, 6.45) is 0.772. The summed E-state index contributed by atoms with van der Waals surface area (Å²) in [6.45, 7) is 9.56. The number of ether oxygens (including phenoxy) is 2. The van der Waals surface area contributed by atoms with Crippen LogP contribution in [0.5, 0.6) is 5.75 Å². The van der Waals surface area contributed by atoms with Gasteiger partial charge in [0.15, 0.2) is 12.4 Å². The van der Waals surface area contributed by atoms with Gasteiger partial charge in [0.05, 0.1) is 11.3 Å². The number of ketones is 1. The van der Waals surface area contributed by atoms with Gasteiger partial charge in [-0.15, -0.1) is 18.3 Å². The van der Waals surface area contributed by atoms with E-state index < -0.39 is 12.4 Å². The van der Waals surface area contributed by atoms with Crippen molar-refractivity contribution in [1.29, 1.82) is 0 Å². The van der Waals surface area contributed by atoms with Crippen molar-refractivity contribution in [3.05, 3.63) is 107 Å². The van der Waals surface area contributed by atoms with Crippen molar-refractivity contribution >= 4 is 11.8 Å². The molecule has 12 heteroatoms. The molecule has 0 radical (unpaired) electrons. The number of Topliss-reactive ketones (excluding diaryl/α,β-unsaturated/α-hetero) is 1. The molecule has 0 saturated heterocycles. The van der Waals surface area contributed by atoms with Crippen LogP contribution in [0.4, 0.5) is 18.0 Å². The predicted octanol–water partition coefficient (Wildman–Crippen LogP) is 5.95.